The summed E-state index contributed by atoms with van der Waals surface area (Å²) in [7, 11) is 0. The van der Waals surface area contributed by atoms with E-state index in [2.05, 4.69) is 36.4 Å². The van der Waals surface area contributed by atoms with Gasteiger partial charge in [0.05, 0.1) is 9.58 Å². The fourth-order valence-corrected chi connectivity index (χ4v) is 11.6. The predicted octanol–water partition coefficient (Wildman–Crippen LogP) is 13.9. The predicted molar refractivity (Wildman–Crippen MR) is 202 cm³/mol. The Bertz CT molecular complexity index is 2580. The second kappa shape index (κ2) is 11.2. The number of carbonyl (C=O) groups excluding carboxylic acids is 1. The standard InChI is InChI=1S/C40H25FO3S4/c1-20-14-16-27(43-20)31-25-18-29(23-10-6-4-7-11-23)45-37(25)32(28-17-15-21(2)44-28)26-19-30(46-38(26)31)39-40-33(34(41)35(47-40)22(3)42)36(48-39)24-12-8-5-9-13-24/h4-19H,1-3H3. The number of aryl methyl sites for hydroxylation is 2. The minimum absolute atomic E-state index is 0.166. The third kappa shape index (κ3) is 4.58. The highest BCUT2D eigenvalue weighted by molar-refractivity contribution is 7.33. The van der Waals surface area contributed by atoms with E-state index >= 15 is 4.39 Å². The lowest BCUT2D eigenvalue weighted by Crippen LogP contribution is -1.90. The first-order chi connectivity index (χ1) is 23.4. The SMILES string of the molecule is CC(=O)c1sc2c(-c3cc4c(-c5ccc(C)o5)c5sc(-c6ccccc6)cc5c(-c5ccc(C)o5)c4s3)sc(-c3ccccc3)c2c1F. The van der Waals surface area contributed by atoms with Gasteiger partial charge in [-0.25, -0.2) is 4.39 Å². The molecule has 9 rings (SSSR count). The van der Waals surface area contributed by atoms with Gasteiger partial charge in [0, 0.05) is 58.2 Å². The molecule has 0 N–H and O–H groups in total. The molecule has 6 heterocycles. The van der Waals surface area contributed by atoms with Gasteiger partial charge in [-0.15, -0.1) is 45.3 Å². The molecular formula is C40H25FO3S4. The molecule has 48 heavy (non-hydrogen) atoms. The molecule has 6 aromatic heterocycles. The number of thiophene rings is 4. The maximum absolute atomic E-state index is 16.0. The average Bonchev–Trinajstić information content (AvgIpc) is 3.94. The molecule has 0 bridgehead atoms. The number of furan rings is 2. The first-order valence-electron chi connectivity index (χ1n) is 15.4. The summed E-state index contributed by atoms with van der Waals surface area (Å²) < 4.78 is 31.7. The van der Waals surface area contributed by atoms with Crippen LogP contribution in [0.4, 0.5) is 4.39 Å². The van der Waals surface area contributed by atoms with E-state index in [4.69, 9.17) is 8.83 Å². The van der Waals surface area contributed by atoms with Gasteiger partial charge in [0.15, 0.2) is 11.6 Å². The van der Waals surface area contributed by atoms with Crippen LogP contribution in [0.1, 0.15) is 28.1 Å². The van der Waals surface area contributed by atoms with E-state index in [1.165, 1.54) is 18.3 Å². The molecule has 0 saturated carbocycles. The third-order valence-electron chi connectivity index (χ3n) is 8.56. The van der Waals surface area contributed by atoms with E-state index in [1.807, 2.05) is 74.5 Å². The summed E-state index contributed by atoms with van der Waals surface area (Å²) >= 11 is 6.25. The van der Waals surface area contributed by atoms with Crippen LogP contribution in [-0.4, -0.2) is 5.78 Å². The molecule has 234 valence electrons. The number of benzene rings is 3. The number of hydrogen-bond donors (Lipinski definition) is 0. The summed E-state index contributed by atoms with van der Waals surface area (Å²) in [6.45, 7) is 5.36. The highest BCUT2D eigenvalue weighted by Gasteiger charge is 2.29. The van der Waals surface area contributed by atoms with Gasteiger partial charge in [-0.3, -0.25) is 4.79 Å². The summed E-state index contributed by atoms with van der Waals surface area (Å²) in [4.78, 5) is 16.7. The van der Waals surface area contributed by atoms with Crippen molar-refractivity contribution in [3.05, 3.63) is 119 Å². The molecule has 0 aliphatic rings. The van der Waals surface area contributed by atoms with Gasteiger partial charge >= 0.3 is 0 Å². The first kappa shape index (κ1) is 29.5. The molecular weight excluding hydrogens is 676 g/mol. The molecule has 8 heteroatoms. The molecule has 0 aliphatic heterocycles. The third-order valence-corrected chi connectivity index (χ3v) is 13.7. The average molecular weight is 701 g/mol. The van der Waals surface area contributed by atoms with Crippen LogP contribution in [0.3, 0.4) is 0 Å². The Hall–Kier alpha value is -4.60. The fourth-order valence-electron chi connectivity index (χ4n) is 6.41. The smallest absolute Gasteiger partial charge is 0.172 e. The van der Waals surface area contributed by atoms with Crippen molar-refractivity contribution in [2.24, 2.45) is 0 Å². The maximum Gasteiger partial charge on any atom is 0.172 e. The van der Waals surface area contributed by atoms with Crippen LogP contribution in [0, 0.1) is 19.7 Å². The first-order valence-corrected chi connectivity index (χ1v) is 18.7. The van der Waals surface area contributed by atoms with Gasteiger partial charge in [-0.1, -0.05) is 60.7 Å². The highest BCUT2D eigenvalue weighted by atomic mass is 32.1. The lowest BCUT2D eigenvalue weighted by molar-refractivity contribution is 0.101. The Morgan fingerprint density at radius 1 is 0.604 bits per heavy atom. The Balaban J connectivity index is 1.40. The summed E-state index contributed by atoms with van der Waals surface area (Å²) in [6, 6.07) is 32.9. The molecule has 3 nitrogen and oxygen atoms in total. The lowest BCUT2D eigenvalue weighted by Gasteiger charge is -2.08. The van der Waals surface area contributed by atoms with E-state index in [9.17, 15) is 4.79 Å². The van der Waals surface area contributed by atoms with Crippen LogP contribution >= 0.6 is 45.3 Å². The number of carbonyl (C=O) groups is 1. The molecule has 0 radical (unpaired) electrons. The summed E-state index contributed by atoms with van der Waals surface area (Å²) in [5.41, 5.74) is 4.15. The van der Waals surface area contributed by atoms with Crippen molar-refractivity contribution in [3.63, 3.8) is 0 Å². The Morgan fingerprint density at radius 3 is 1.69 bits per heavy atom. The normalized spacial score (nSPS) is 11.8. The summed E-state index contributed by atoms with van der Waals surface area (Å²) in [6.07, 6.45) is 0. The molecule has 9 aromatic rings. The van der Waals surface area contributed by atoms with Crippen LogP contribution in [0.25, 0.3) is 83.5 Å². The minimum atomic E-state index is -0.433. The zero-order chi connectivity index (χ0) is 32.7. The van der Waals surface area contributed by atoms with Crippen molar-refractivity contribution in [1.82, 2.24) is 0 Å². The van der Waals surface area contributed by atoms with Crippen molar-refractivity contribution >= 4 is 81.4 Å². The van der Waals surface area contributed by atoms with Crippen molar-refractivity contribution < 1.29 is 18.0 Å². The molecule has 0 fully saturated rings. The molecule has 3 aromatic carbocycles. The van der Waals surface area contributed by atoms with Gasteiger partial charge in [-0.2, -0.15) is 0 Å². The van der Waals surface area contributed by atoms with Crippen LogP contribution in [0.2, 0.25) is 0 Å². The topological polar surface area (TPSA) is 43.4 Å². The molecule has 0 amide bonds. The number of hydrogen-bond acceptors (Lipinski definition) is 7. The monoisotopic (exact) mass is 700 g/mol. The number of rotatable bonds is 6. The van der Waals surface area contributed by atoms with Crippen LogP contribution < -0.4 is 0 Å². The molecule has 0 aliphatic carbocycles. The van der Waals surface area contributed by atoms with Crippen molar-refractivity contribution in [2.45, 2.75) is 20.8 Å². The quantitative estimate of drug-likeness (QED) is 0.162. The van der Waals surface area contributed by atoms with Gasteiger partial charge in [0.2, 0.25) is 0 Å². The van der Waals surface area contributed by atoms with Gasteiger partial charge in [0.1, 0.15) is 27.9 Å². The van der Waals surface area contributed by atoms with E-state index in [-0.39, 0.29) is 10.7 Å². The maximum atomic E-state index is 16.0. The Labute approximate surface area is 291 Å². The van der Waals surface area contributed by atoms with Crippen LogP contribution in [0.15, 0.2) is 106 Å². The van der Waals surface area contributed by atoms with Gasteiger partial charge in [-0.05, 0) is 61.4 Å². The van der Waals surface area contributed by atoms with E-state index in [1.54, 1.807) is 34.0 Å². The van der Waals surface area contributed by atoms with E-state index < -0.39 is 5.82 Å². The Morgan fingerprint density at radius 2 is 1.15 bits per heavy atom. The van der Waals surface area contributed by atoms with Gasteiger partial charge < -0.3 is 8.83 Å². The molecule has 0 unspecified atom stereocenters. The van der Waals surface area contributed by atoms with Gasteiger partial charge in [0.25, 0.3) is 0 Å². The summed E-state index contributed by atoms with van der Waals surface area (Å²) in [5.74, 6) is 2.59. The van der Waals surface area contributed by atoms with E-state index in [0.717, 1.165) is 89.7 Å². The second-order valence-corrected chi connectivity index (χ2v) is 15.9. The van der Waals surface area contributed by atoms with E-state index in [0.29, 0.717) is 5.39 Å². The zero-order valence-corrected chi connectivity index (χ0v) is 29.2. The van der Waals surface area contributed by atoms with Crippen LogP contribution in [0.5, 0.6) is 0 Å². The Kier molecular flexibility index (Phi) is 6.92. The molecule has 0 atom stereocenters. The largest absolute Gasteiger partial charge is 0.461 e. The number of halogens is 1. The molecule has 0 saturated heterocycles. The minimum Gasteiger partial charge on any atom is -0.461 e. The zero-order valence-electron chi connectivity index (χ0n) is 26.0. The van der Waals surface area contributed by atoms with Crippen molar-refractivity contribution in [3.8, 4) is 53.3 Å². The number of fused-ring (bicyclic) bond motifs is 3. The van der Waals surface area contributed by atoms with Crippen molar-refractivity contribution in [2.75, 3.05) is 0 Å². The second-order valence-electron chi connectivity index (χ2n) is 11.8. The highest BCUT2D eigenvalue weighted by Crippen LogP contribution is 2.56. The lowest BCUT2D eigenvalue weighted by atomic mass is 9.98. The van der Waals surface area contributed by atoms with Crippen LogP contribution in [-0.2, 0) is 0 Å². The number of Topliss-reactive ketones (excluding diaryl/α,β-unsaturated/α-hetero) is 1. The fraction of sp³-hybridized carbons (Fsp3) is 0.0750. The molecule has 0 spiro atoms. The summed E-state index contributed by atoms with van der Waals surface area (Å²) in [5, 5.41) is 2.67. The van der Waals surface area contributed by atoms with Crippen molar-refractivity contribution in [1.29, 1.82) is 0 Å². The number of ketones is 1.